The van der Waals surface area contributed by atoms with Crippen LogP contribution in [-0.4, -0.2) is 11.1 Å². The van der Waals surface area contributed by atoms with E-state index in [-0.39, 0.29) is 6.61 Å². The van der Waals surface area contributed by atoms with Gasteiger partial charge in [0.05, 0.1) is 12.6 Å². The van der Waals surface area contributed by atoms with Gasteiger partial charge in [-0.1, -0.05) is 30.7 Å². The maximum absolute atomic E-state index is 9.24. The number of rotatable bonds is 4. The van der Waals surface area contributed by atoms with Crippen molar-refractivity contribution in [1.82, 2.24) is 0 Å². The molecule has 3 N–H and O–H groups in total. The van der Waals surface area contributed by atoms with Crippen LogP contribution in [0.5, 0.6) is 0 Å². The van der Waals surface area contributed by atoms with Crippen molar-refractivity contribution in [3.63, 3.8) is 0 Å². The van der Waals surface area contributed by atoms with Gasteiger partial charge in [0.2, 0.25) is 0 Å². The van der Waals surface area contributed by atoms with Crippen LogP contribution in [-0.2, 0) is 13.2 Å². The molecular formula is C14H22NO+. The normalized spacial score (nSPS) is 17.6. The first-order valence-electron chi connectivity index (χ1n) is 6.41. The van der Waals surface area contributed by atoms with Gasteiger partial charge in [0.15, 0.2) is 0 Å². The first kappa shape index (κ1) is 11.6. The zero-order valence-electron chi connectivity index (χ0n) is 9.86. The van der Waals surface area contributed by atoms with Gasteiger partial charge in [-0.3, -0.25) is 0 Å². The minimum absolute atomic E-state index is 0.161. The standard InChI is InChI=1S/C14H21NO/c16-11-13-7-5-4-6-12(13)10-15-14-8-2-1-3-9-14/h4-7,14-16H,1-3,8-11H2/p+1. The molecule has 2 heteroatoms. The number of quaternary nitrogens is 1. The van der Waals surface area contributed by atoms with Crippen molar-refractivity contribution in [2.45, 2.75) is 51.3 Å². The fourth-order valence-electron chi connectivity index (χ4n) is 2.57. The maximum atomic E-state index is 9.24. The quantitative estimate of drug-likeness (QED) is 0.794. The largest absolute Gasteiger partial charge is 0.392 e. The van der Waals surface area contributed by atoms with E-state index in [2.05, 4.69) is 17.4 Å². The summed E-state index contributed by atoms with van der Waals surface area (Å²) in [4.78, 5) is 0. The molecular weight excluding hydrogens is 198 g/mol. The van der Waals surface area contributed by atoms with E-state index in [1.54, 1.807) is 0 Å². The lowest BCUT2D eigenvalue weighted by molar-refractivity contribution is -0.706. The Balaban J connectivity index is 1.88. The van der Waals surface area contributed by atoms with Crippen LogP contribution in [0.25, 0.3) is 0 Å². The summed E-state index contributed by atoms with van der Waals surface area (Å²) >= 11 is 0. The smallest absolute Gasteiger partial charge is 0.102 e. The summed E-state index contributed by atoms with van der Waals surface area (Å²) in [5.41, 5.74) is 2.37. The summed E-state index contributed by atoms with van der Waals surface area (Å²) in [5.74, 6) is 0. The average Bonchev–Trinajstić information content (AvgIpc) is 2.38. The van der Waals surface area contributed by atoms with Gasteiger partial charge in [-0.05, 0) is 31.2 Å². The van der Waals surface area contributed by atoms with Crippen molar-refractivity contribution in [1.29, 1.82) is 0 Å². The lowest BCUT2D eigenvalue weighted by atomic mass is 9.95. The van der Waals surface area contributed by atoms with E-state index in [1.807, 2.05) is 12.1 Å². The molecule has 1 aliphatic rings. The highest BCUT2D eigenvalue weighted by Gasteiger charge is 2.16. The van der Waals surface area contributed by atoms with Crippen LogP contribution in [0.2, 0.25) is 0 Å². The van der Waals surface area contributed by atoms with E-state index >= 15 is 0 Å². The molecule has 1 fully saturated rings. The highest BCUT2D eigenvalue weighted by atomic mass is 16.3. The van der Waals surface area contributed by atoms with E-state index in [4.69, 9.17) is 0 Å². The molecule has 16 heavy (non-hydrogen) atoms. The Labute approximate surface area is 97.7 Å². The third kappa shape index (κ3) is 3.06. The van der Waals surface area contributed by atoms with Crippen molar-refractivity contribution >= 4 is 0 Å². The molecule has 2 rings (SSSR count). The summed E-state index contributed by atoms with van der Waals surface area (Å²) in [6.07, 6.45) is 6.92. The summed E-state index contributed by atoms with van der Waals surface area (Å²) in [6, 6.07) is 9.01. The average molecular weight is 220 g/mol. The minimum Gasteiger partial charge on any atom is -0.392 e. The first-order valence-corrected chi connectivity index (χ1v) is 6.41. The SMILES string of the molecule is OCc1ccccc1C[NH2+]C1CCCCC1. The zero-order chi connectivity index (χ0) is 11.2. The lowest BCUT2D eigenvalue weighted by Gasteiger charge is -2.20. The summed E-state index contributed by atoms with van der Waals surface area (Å²) in [7, 11) is 0. The van der Waals surface area contributed by atoms with Gasteiger partial charge >= 0.3 is 0 Å². The van der Waals surface area contributed by atoms with Crippen molar-refractivity contribution in [3.8, 4) is 0 Å². The number of aliphatic hydroxyl groups is 1. The van der Waals surface area contributed by atoms with Gasteiger partial charge < -0.3 is 10.4 Å². The molecule has 1 aromatic rings. The summed E-state index contributed by atoms with van der Waals surface area (Å²) in [6.45, 7) is 1.18. The third-order valence-electron chi connectivity index (χ3n) is 3.61. The number of hydrogen-bond acceptors (Lipinski definition) is 1. The molecule has 0 aromatic heterocycles. The van der Waals surface area contributed by atoms with Crippen LogP contribution in [0.4, 0.5) is 0 Å². The number of nitrogens with two attached hydrogens (primary N) is 1. The second-order valence-electron chi connectivity index (χ2n) is 4.76. The predicted octanol–water partition coefficient (Wildman–Crippen LogP) is 1.57. The fourth-order valence-corrected chi connectivity index (χ4v) is 2.57. The van der Waals surface area contributed by atoms with Crippen molar-refractivity contribution in [2.75, 3.05) is 0 Å². The van der Waals surface area contributed by atoms with Gasteiger partial charge in [-0.15, -0.1) is 0 Å². The molecule has 1 aromatic carbocycles. The molecule has 0 aliphatic heterocycles. The Bertz CT molecular complexity index is 318. The van der Waals surface area contributed by atoms with Gasteiger partial charge in [0.25, 0.3) is 0 Å². The fraction of sp³-hybridized carbons (Fsp3) is 0.571. The lowest BCUT2D eigenvalue weighted by Crippen LogP contribution is -2.88. The number of aliphatic hydroxyl groups excluding tert-OH is 1. The third-order valence-corrected chi connectivity index (χ3v) is 3.61. The monoisotopic (exact) mass is 220 g/mol. The Morgan fingerprint density at radius 2 is 1.75 bits per heavy atom. The molecule has 1 saturated carbocycles. The molecule has 88 valence electrons. The molecule has 0 atom stereocenters. The summed E-state index contributed by atoms with van der Waals surface area (Å²) in [5, 5.41) is 11.7. The van der Waals surface area contributed by atoms with Crippen molar-refractivity contribution in [3.05, 3.63) is 35.4 Å². The van der Waals surface area contributed by atoms with Crippen LogP contribution < -0.4 is 5.32 Å². The molecule has 0 heterocycles. The van der Waals surface area contributed by atoms with Crippen LogP contribution in [0.1, 0.15) is 43.2 Å². The van der Waals surface area contributed by atoms with E-state index in [0.717, 1.165) is 18.2 Å². The zero-order valence-corrected chi connectivity index (χ0v) is 9.86. The maximum Gasteiger partial charge on any atom is 0.102 e. The Morgan fingerprint density at radius 3 is 2.44 bits per heavy atom. The highest BCUT2D eigenvalue weighted by molar-refractivity contribution is 5.25. The highest BCUT2D eigenvalue weighted by Crippen LogP contribution is 2.15. The molecule has 0 amide bonds. The predicted molar refractivity (Wildman–Crippen MR) is 64.9 cm³/mol. The molecule has 1 aliphatic carbocycles. The Kier molecular flexibility index (Phi) is 4.37. The second kappa shape index (κ2) is 6.02. The van der Waals surface area contributed by atoms with E-state index in [9.17, 15) is 5.11 Å². The number of hydrogen-bond donors (Lipinski definition) is 2. The van der Waals surface area contributed by atoms with Crippen LogP contribution in [0.15, 0.2) is 24.3 Å². The van der Waals surface area contributed by atoms with Gasteiger partial charge in [-0.2, -0.15) is 0 Å². The van der Waals surface area contributed by atoms with E-state index in [0.29, 0.717) is 0 Å². The Morgan fingerprint density at radius 1 is 1.06 bits per heavy atom. The van der Waals surface area contributed by atoms with Crippen molar-refractivity contribution < 1.29 is 10.4 Å². The number of benzene rings is 1. The Hall–Kier alpha value is -0.860. The molecule has 0 saturated heterocycles. The topological polar surface area (TPSA) is 36.8 Å². The van der Waals surface area contributed by atoms with Crippen LogP contribution in [0, 0.1) is 0 Å². The van der Waals surface area contributed by atoms with Crippen LogP contribution in [0.3, 0.4) is 0 Å². The van der Waals surface area contributed by atoms with E-state index < -0.39 is 0 Å². The first-order chi connectivity index (χ1) is 7.90. The summed E-state index contributed by atoms with van der Waals surface area (Å²) < 4.78 is 0. The van der Waals surface area contributed by atoms with Gasteiger partial charge in [0.1, 0.15) is 6.54 Å². The molecule has 0 spiro atoms. The second-order valence-corrected chi connectivity index (χ2v) is 4.76. The molecule has 2 nitrogen and oxygen atoms in total. The molecule has 0 bridgehead atoms. The molecule has 0 radical (unpaired) electrons. The molecule has 0 unspecified atom stereocenters. The van der Waals surface area contributed by atoms with Gasteiger partial charge in [0, 0.05) is 5.56 Å². The van der Waals surface area contributed by atoms with Crippen LogP contribution >= 0.6 is 0 Å². The van der Waals surface area contributed by atoms with Crippen molar-refractivity contribution in [2.24, 2.45) is 0 Å². The minimum atomic E-state index is 0.161. The van der Waals surface area contributed by atoms with Gasteiger partial charge in [-0.25, -0.2) is 0 Å². The van der Waals surface area contributed by atoms with E-state index in [1.165, 1.54) is 37.7 Å².